The molecule has 0 atom stereocenters. The Labute approximate surface area is 117 Å². The largest absolute Gasteiger partial charge is 0.377 e. The van der Waals surface area contributed by atoms with Gasteiger partial charge in [-0.2, -0.15) is 0 Å². The number of rotatable bonds is 6. The second kappa shape index (κ2) is 6.63. The molecule has 5 heteroatoms. The van der Waals surface area contributed by atoms with Crippen LogP contribution in [0.15, 0.2) is 17.5 Å². The number of anilines is 1. The number of hydrogen-bond donors (Lipinski definition) is 1. The minimum Gasteiger partial charge on any atom is -0.377 e. The average Bonchev–Trinajstić information content (AvgIpc) is 2.83. The molecule has 0 unspecified atom stereocenters. The molecule has 0 aromatic carbocycles. The van der Waals surface area contributed by atoms with Crippen molar-refractivity contribution < 1.29 is 4.74 Å². The van der Waals surface area contributed by atoms with Crippen molar-refractivity contribution in [3.05, 3.63) is 28.9 Å². The first-order chi connectivity index (χ1) is 9.24. The number of aryl methyl sites for hydroxylation is 1. The van der Waals surface area contributed by atoms with Crippen LogP contribution in [0.25, 0.3) is 10.6 Å². The van der Waals surface area contributed by atoms with Crippen molar-refractivity contribution in [2.45, 2.75) is 26.9 Å². The zero-order valence-corrected chi connectivity index (χ0v) is 12.4. The normalized spacial score (nSPS) is 10.7. The van der Waals surface area contributed by atoms with E-state index in [9.17, 15) is 0 Å². The maximum Gasteiger partial charge on any atom is 0.157 e. The van der Waals surface area contributed by atoms with E-state index < -0.39 is 0 Å². The summed E-state index contributed by atoms with van der Waals surface area (Å²) in [4.78, 5) is 10.2. The number of ether oxygens (including phenoxy) is 1. The fourth-order valence-electron chi connectivity index (χ4n) is 1.79. The van der Waals surface area contributed by atoms with Gasteiger partial charge in [0.1, 0.15) is 12.4 Å². The van der Waals surface area contributed by atoms with Crippen molar-refractivity contribution in [3.8, 4) is 10.6 Å². The molecule has 0 saturated carbocycles. The Balaban J connectivity index is 2.36. The molecule has 0 saturated heterocycles. The number of nitrogens with zero attached hydrogens (tertiary/aromatic N) is 2. The van der Waals surface area contributed by atoms with Crippen molar-refractivity contribution in [1.29, 1.82) is 0 Å². The third-order valence-corrected chi connectivity index (χ3v) is 3.74. The Morgan fingerprint density at radius 3 is 2.84 bits per heavy atom. The van der Waals surface area contributed by atoms with Crippen molar-refractivity contribution in [1.82, 2.24) is 9.97 Å². The summed E-state index contributed by atoms with van der Waals surface area (Å²) in [5, 5.41) is 5.40. The Kier molecular flexibility index (Phi) is 4.87. The summed E-state index contributed by atoms with van der Waals surface area (Å²) in [5.41, 5.74) is 2.21. The van der Waals surface area contributed by atoms with Crippen LogP contribution in [0.1, 0.15) is 24.7 Å². The molecule has 0 fully saturated rings. The highest BCUT2D eigenvalue weighted by molar-refractivity contribution is 7.13. The van der Waals surface area contributed by atoms with Crippen molar-refractivity contribution in [3.63, 3.8) is 0 Å². The van der Waals surface area contributed by atoms with Gasteiger partial charge in [-0.25, -0.2) is 9.97 Å². The molecule has 1 N–H and O–H groups in total. The van der Waals surface area contributed by atoms with Gasteiger partial charge in [0.15, 0.2) is 5.82 Å². The lowest BCUT2D eigenvalue weighted by molar-refractivity contribution is 0.178. The van der Waals surface area contributed by atoms with E-state index in [1.165, 1.54) is 10.4 Å². The Bertz CT molecular complexity index is 539. The van der Waals surface area contributed by atoms with Gasteiger partial charge in [0.05, 0.1) is 10.6 Å². The molecule has 0 aliphatic rings. The van der Waals surface area contributed by atoms with E-state index in [0.717, 1.165) is 24.5 Å². The molecular formula is C14H19N3OS. The van der Waals surface area contributed by atoms with Gasteiger partial charge in [0, 0.05) is 19.7 Å². The van der Waals surface area contributed by atoms with Crippen molar-refractivity contribution in [2.75, 3.05) is 19.0 Å². The Hall–Kier alpha value is -1.46. The molecular weight excluding hydrogens is 258 g/mol. The molecule has 0 amide bonds. The van der Waals surface area contributed by atoms with Gasteiger partial charge in [0.2, 0.25) is 0 Å². The topological polar surface area (TPSA) is 47.0 Å². The van der Waals surface area contributed by atoms with E-state index in [0.29, 0.717) is 12.4 Å². The summed E-state index contributed by atoms with van der Waals surface area (Å²) in [6, 6.07) is 4.12. The van der Waals surface area contributed by atoms with E-state index in [1.54, 1.807) is 18.4 Å². The third kappa shape index (κ3) is 3.52. The molecule has 0 aliphatic heterocycles. The predicted molar refractivity (Wildman–Crippen MR) is 79.6 cm³/mol. The SMILES string of the molecule is CCCNc1cc(-c2sccc2C)nc(COC)n1. The zero-order chi connectivity index (χ0) is 13.7. The van der Waals surface area contributed by atoms with Gasteiger partial charge < -0.3 is 10.1 Å². The van der Waals surface area contributed by atoms with Gasteiger partial charge in [-0.05, 0) is 30.4 Å². The Morgan fingerprint density at radius 2 is 2.21 bits per heavy atom. The molecule has 4 nitrogen and oxygen atoms in total. The van der Waals surface area contributed by atoms with Crippen LogP contribution >= 0.6 is 11.3 Å². The molecule has 0 spiro atoms. The van der Waals surface area contributed by atoms with Crippen LogP contribution in [0.5, 0.6) is 0 Å². The lowest BCUT2D eigenvalue weighted by Crippen LogP contribution is -2.06. The number of hydrogen-bond acceptors (Lipinski definition) is 5. The monoisotopic (exact) mass is 277 g/mol. The van der Waals surface area contributed by atoms with E-state index in [2.05, 4.69) is 40.6 Å². The standard InChI is InChI=1S/C14H19N3OS/c1-4-6-15-12-8-11(14-10(2)5-7-19-14)16-13(17-12)9-18-3/h5,7-8H,4,6,9H2,1-3H3,(H,15,16,17). The first-order valence-electron chi connectivity index (χ1n) is 6.39. The van der Waals surface area contributed by atoms with Crippen LogP contribution in [-0.4, -0.2) is 23.6 Å². The summed E-state index contributed by atoms with van der Waals surface area (Å²) in [6.45, 7) is 5.57. The number of aromatic nitrogens is 2. The predicted octanol–water partition coefficient (Wildman–Crippen LogP) is 3.48. The van der Waals surface area contributed by atoms with Crippen LogP contribution in [0, 0.1) is 6.92 Å². The first kappa shape index (κ1) is 14.0. The van der Waals surface area contributed by atoms with Crippen molar-refractivity contribution >= 4 is 17.2 Å². The average molecular weight is 277 g/mol. The Morgan fingerprint density at radius 1 is 1.37 bits per heavy atom. The first-order valence-corrected chi connectivity index (χ1v) is 7.27. The maximum absolute atomic E-state index is 5.14. The highest BCUT2D eigenvalue weighted by Gasteiger charge is 2.09. The molecule has 102 valence electrons. The molecule has 2 heterocycles. The number of thiophene rings is 1. The summed E-state index contributed by atoms with van der Waals surface area (Å²) in [6.07, 6.45) is 1.07. The lowest BCUT2D eigenvalue weighted by atomic mass is 10.2. The molecule has 0 bridgehead atoms. The van der Waals surface area contributed by atoms with Gasteiger partial charge in [-0.3, -0.25) is 0 Å². The molecule has 0 aliphatic carbocycles. The van der Waals surface area contributed by atoms with Crippen LogP contribution in [0.2, 0.25) is 0 Å². The van der Waals surface area contributed by atoms with E-state index in [4.69, 9.17) is 4.74 Å². The van der Waals surface area contributed by atoms with E-state index in [1.807, 2.05) is 6.07 Å². The molecule has 2 aromatic heterocycles. The number of methoxy groups -OCH3 is 1. The minimum atomic E-state index is 0.430. The fourth-order valence-corrected chi connectivity index (χ4v) is 2.67. The van der Waals surface area contributed by atoms with Crippen molar-refractivity contribution in [2.24, 2.45) is 0 Å². The van der Waals surface area contributed by atoms with E-state index >= 15 is 0 Å². The van der Waals surface area contributed by atoms with Crippen LogP contribution in [-0.2, 0) is 11.3 Å². The third-order valence-electron chi connectivity index (χ3n) is 2.70. The quantitative estimate of drug-likeness (QED) is 0.878. The molecule has 2 rings (SSSR count). The fraction of sp³-hybridized carbons (Fsp3) is 0.429. The zero-order valence-electron chi connectivity index (χ0n) is 11.6. The van der Waals surface area contributed by atoms with E-state index in [-0.39, 0.29) is 0 Å². The summed E-state index contributed by atoms with van der Waals surface area (Å²) in [5.74, 6) is 1.58. The van der Waals surface area contributed by atoms with Crippen LogP contribution < -0.4 is 5.32 Å². The van der Waals surface area contributed by atoms with Gasteiger partial charge in [-0.1, -0.05) is 6.92 Å². The highest BCUT2D eigenvalue weighted by Crippen LogP contribution is 2.28. The van der Waals surface area contributed by atoms with Crippen LogP contribution in [0.4, 0.5) is 5.82 Å². The second-order valence-electron chi connectivity index (χ2n) is 4.35. The smallest absolute Gasteiger partial charge is 0.157 e. The molecule has 19 heavy (non-hydrogen) atoms. The summed E-state index contributed by atoms with van der Waals surface area (Å²) in [7, 11) is 1.66. The molecule has 2 aromatic rings. The summed E-state index contributed by atoms with van der Waals surface area (Å²) < 4.78 is 5.14. The highest BCUT2D eigenvalue weighted by atomic mass is 32.1. The van der Waals surface area contributed by atoms with Crippen LogP contribution in [0.3, 0.4) is 0 Å². The lowest BCUT2D eigenvalue weighted by Gasteiger charge is -2.09. The van der Waals surface area contributed by atoms with Gasteiger partial charge in [-0.15, -0.1) is 11.3 Å². The number of nitrogens with one attached hydrogen (secondary N) is 1. The minimum absolute atomic E-state index is 0.430. The second-order valence-corrected chi connectivity index (χ2v) is 5.26. The maximum atomic E-state index is 5.14. The molecule has 0 radical (unpaired) electrons. The summed E-state index contributed by atoms with van der Waals surface area (Å²) >= 11 is 1.70. The van der Waals surface area contributed by atoms with Gasteiger partial charge in [0.25, 0.3) is 0 Å². The van der Waals surface area contributed by atoms with Gasteiger partial charge >= 0.3 is 0 Å².